The number of hydrogen-bond acceptors (Lipinski definition) is 6. The first-order valence-electron chi connectivity index (χ1n) is 13.7. The summed E-state index contributed by atoms with van der Waals surface area (Å²) < 4.78 is 36.7. The van der Waals surface area contributed by atoms with Gasteiger partial charge < -0.3 is 19.3 Å². The second kappa shape index (κ2) is 12.1. The van der Waals surface area contributed by atoms with Gasteiger partial charge in [-0.2, -0.15) is 4.31 Å². The molecule has 0 radical (unpaired) electrons. The van der Waals surface area contributed by atoms with Crippen LogP contribution in [0.3, 0.4) is 0 Å². The molecule has 4 heterocycles. The van der Waals surface area contributed by atoms with E-state index in [9.17, 15) is 8.42 Å². The maximum absolute atomic E-state index is 11.8. The van der Waals surface area contributed by atoms with Crippen molar-refractivity contribution in [1.29, 1.82) is 0 Å². The van der Waals surface area contributed by atoms with Crippen molar-refractivity contribution >= 4 is 15.8 Å². The molecule has 1 aromatic heterocycles. The van der Waals surface area contributed by atoms with E-state index in [4.69, 9.17) is 14.5 Å². The zero-order chi connectivity index (χ0) is 25.7. The molecule has 9 heteroatoms. The monoisotopic (exact) mass is 529 g/mol. The molecular formula is C28H41N4O4S+. The van der Waals surface area contributed by atoms with Crippen molar-refractivity contribution in [3.05, 3.63) is 53.2 Å². The number of pyridine rings is 1. The normalized spacial score (nSPS) is 20.1. The quantitative estimate of drug-likeness (QED) is 0.500. The topological polar surface area (TPSA) is 76.4 Å². The highest BCUT2D eigenvalue weighted by atomic mass is 32.2. The molecule has 5 rings (SSSR count). The number of morpholine rings is 1. The Morgan fingerprint density at radius 2 is 1.89 bits per heavy atom. The Morgan fingerprint density at radius 3 is 2.62 bits per heavy atom. The highest BCUT2D eigenvalue weighted by Gasteiger charge is 2.24. The number of quaternary nitrogens is 1. The van der Waals surface area contributed by atoms with Gasteiger partial charge in [0.25, 0.3) is 0 Å². The molecule has 0 aliphatic carbocycles. The Labute approximate surface area is 221 Å². The average molecular weight is 530 g/mol. The van der Waals surface area contributed by atoms with Gasteiger partial charge in [0.15, 0.2) is 0 Å². The third kappa shape index (κ3) is 7.22. The molecule has 37 heavy (non-hydrogen) atoms. The van der Waals surface area contributed by atoms with Crippen LogP contribution in [0.2, 0.25) is 0 Å². The fraction of sp³-hybridized carbons (Fsp3) is 0.607. The van der Waals surface area contributed by atoms with Crippen molar-refractivity contribution < 1.29 is 22.8 Å². The summed E-state index contributed by atoms with van der Waals surface area (Å²) in [5.74, 6) is 2.75. The number of nitrogens with one attached hydrogen (secondary N) is 1. The van der Waals surface area contributed by atoms with E-state index >= 15 is 0 Å². The number of rotatable bonds is 9. The highest BCUT2D eigenvalue weighted by molar-refractivity contribution is 7.88. The van der Waals surface area contributed by atoms with E-state index in [-0.39, 0.29) is 0 Å². The van der Waals surface area contributed by atoms with Gasteiger partial charge in [-0.15, -0.1) is 0 Å². The summed E-state index contributed by atoms with van der Waals surface area (Å²) in [4.78, 5) is 8.79. The van der Waals surface area contributed by atoms with Crippen molar-refractivity contribution in [3.8, 4) is 5.75 Å². The summed E-state index contributed by atoms with van der Waals surface area (Å²) in [6.07, 6.45) is 8.74. The molecule has 202 valence electrons. The molecule has 1 aromatic carbocycles. The van der Waals surface area contributed by atoms with Crippen molar-refractivity contribution in [2.75, 3.05) is 63.7 Å². The molecule has 2 aromatic rings. The van der Waals surface area contributed by atoms with E-state index in [1.54, 1.807) is 9.21 Å². The average Bonchev–Trinajstić information content (AvgIpc) is 2.92. The standard InChI is InChI=1S/C28H40N4O4S/c1-37(33,34)32-13-10-25-19-27(6-5-26(25)22-32)36-16-2-3-23-8-11-31(12-9-23)28-7-4-24(20-29-28)21-30-14-17-35-18-15-30/h4-7,19-20,23H,2-3,8-18,21-22H2,1H3/p+1. The number of piperidine rings is 1. The molecule has 0 unspecified atom stereocenters. The fourth-order valence-electron chi connectivity index (χ4n) is 5.72. The molecule has 0 spiro atoms. The predicted molar refractivity (Wildman–Crippen MR) is 145 cm³/mol. The Hall–Kier alpha value is -2.20. The van der Waals surface area contributed by atoms with Crippen LogP contribution >= 0.6 is 0 Å². The van der Waals surface area contributed by atoms with Crippen molar-refractivity contribution in [3.63, 3.8) is 0 Å². The lowest BCUT2D eigenvalue weighted by Crippen LogP contribution is -3.12. The number of anilines is 1. The number of ether oxygens (including phenoxy) is 2. The van der Waals surface area contributed by atoms with Crippen LogP contribution in [0.25, 0.3) is 0 Å². The maximum atomic E-state index is 11.8. The summed E-state index contributed by atoms with van der Waals surface area (Å²) in [5.41, 5.74) is 3.59. The second-order valence-electron chi connectivity index (χ2n) is 10.8. The minimum absolute atomic E-state index is 0.460. The first kappa shape index (κ1) is 26.4. The maximum Gasteiger partial charge on any atom is 0.211 e. The van der Waals surface area contributed by atoms with Crippen LogP contribution < -0.4 is 14.5 Å². The molecule has 1 N–H and O–H groups in total. The van der Waals surface area contributed by atoms with Gasteiger partial charge in [0, 0.05) is 37.9 Å². The Morgan fingerprint density at radius 1 is 1.08 bits per heavy atom. The van der Waals surface area contributed by atoms with Gasteiger partial charge in [-0.05, 0) is 73.4 Å². The Kier molecular flexibility index (Phi) is 8.64. The Bertz CT molecular complexity index is 1130. The summed E-state index contributed by atoms with van der Waals surface area (Å²) in [6.45, 7) is 8.80. The molecule has 2 saturated heterocycles. The van der Waals surface area contributed by atoms with Crippen LogP contribution in [0.1, 0.15) is 42.4 Å². The zero-order valence-electron chi connectivity index (χ0n) is 22.0. The predicted octanol–water partition coefficient (Wildman–Crippen LogP) is 1.89. The summed E-state index contributed by atoms with van der Waals surface area (Å²) in [6, 6.07) is 10.5. The van der Waals surface area contributed by atoms with Gasteiger partial charge in [-0.3, -0.25) is 0 Å². The lowest BCUT2D eigenvalue weighted by Gasteiger charge is -2.33. The summed E-state index contributed by atoms with van der Waals surface area (Å²) in [7, 11) is -3.14. The van der Waals surface area contributed by atoms with E-state index in [2.05, 4.69) is 29.3 Å². The van der Waals surface area contributed by atoms with Crippen molar-refractivity contribution in [2.45, 2.75) is 45.2 Å². The van der Waals surface area contributed by atoms with Gasteiger partial charge in [0.2, 0.25) is 10.0 Å². The van der Waals surface area contributed by atoms with E-state index in [0.717, 1.165) is 88.4 Å². The van der Waals surface area contributed by atoms with Crippen LogP contribution in [0, 0.1) is 5.92 Å². The number of hydrogen-bond donors (Lipinski definition) is 1. The third-order valence-electron chi connectivity index (χ3n) is 8.05. The van der Waals surface area contributed by atoms with E-state index in [0.29, 0.717) is 13.1 Å². The molecule has 2 fully saturated rings. The van der Waals surface area contributed by atoms with Gasteiger partial charge in [0.1, 0.15) is 31.2 Å². The van der Waals surface area contributed by atoms with Gasteiger partial charge >= 0.3 is 0 Å². The summed E-state index contributed by atoms with van der Waals surface area (Å²) in [5, 5.41) is 0. The van der Waals surface area contributed by atoms with Crippen molar-refractivity contribution in [1.82, 2.24) is 9.29 Å². The number of benzene rings is 1. The second-order valence-corrected chi connectivity index (χ2v) is 12.7. The lowest BCUT2D eigenvalue weighted by atomic mass is 9.92. The van der Waals surface area contributed by atoms with E-state index in [1.807, 2.05) is 12.1 Å². The largest absolute Gasteiger partial charge is 0.494 e. The van der Waals surface area contributed by atoms with Crippen molar-refractivity contribution in [2.24, 2.45) is 5.92 Å². The number of aromatic nitrogens is 1. The van der Waals surface area contributed by atoms with Crippen LogP contribution in [0.5, 0.6) is 5.75 Å². The van der Waals surface area contributed by atoms with Gasteiger partial charge in [-0.1, -0.05) is 6.07 Å². The molecule has 0 saturated carbocycles. The molecule has 0 amide bonds. The molecule has 0 atom stereocenters. The molecule has 3 aliphatic heterocycles. The van der Waals surface area contributed by atoms with E-state index < -0.39 is 10.0 Å². The minimum atomic E-state index is -3.14. The molecule has 8 nitrogen and oxygen atoms in total. The Balaban J connectivity index is 1.00. The van der Waals surface area contributed by atoms with Crippen LogP contribution in [-0.2, 0) is 34.3 Å². The molecule has 3 aliphatic rings. The van der Waals surface area contributed by atoms with Crippen LogP contribution in [0.15, 0.2) is 36.5 Å². The number of fused-ring (bicyclic) bond motifs is 1. The SMILES string of the molecule is CS(=O)(=O)N1CCc2cc(OCCCC3CCN(c4ccc(C[NH+]5CCOCC5)cn4)CC3)ccc2C1. The lowest BCUT2D eigenvalue weighted by molar-refractivity contribution is -0.921. The highest BCUT2D eigenvalue weighted by Crippen LogP contribution is 2.27. The van der Waals surface area contributed by atoms with Gasteiger partial charge in [0.05, 0.1) is 26.1 Å². The first-order valence-corrected chi connectivity index (χ1v) is 15.6. The van der Waals surface area contributed by atoms with E-state index in [1.165, 1.54) is 36.6 Å². The zero-order valence-corrected chi connectivity index (χ0v) is 22.8. The summed E-state index contributed by atoms with van der Waals surface area (Å²) >= 11 is 0. The van der Waals surface area contributed by atoms with Gasteiger partial charge in [-0.25, -0.2) is 13.4 Å². The van der Waals surface area contributed by atoms with Crippen LogP contribution in [-0.4, -0.2) is 76.5 Å². The fourth-order valence-corrected chi connectivity index (χ4v) is 6.52. The molecule has 0 bridgehead atoms. The smallest absolute Gasteiger partial charge is 0.211 e. The molecular weight excluding hydrogens is 488 g/mol. The minimum Gasteiger partial charge on any atom is -0.494 e. The first-order chi connectivity index (χ1) is 17.9. The number of nitrogens with zero attached hydrogens (tertiary/aromatic N) is 3. The number of sulfonamides is 1. The van der Waals surface area contributed by atoms with Crippen LogP contribution in [0.4, 0.5) is 5.82 Å². The third-order valence-corrected chi connectivity index (χ3v) is 9.30.